The minimum atomic E-state index is -3.48. The number of rotatable bonds is 7. The minimum absolute atomic E-state index is 0.153. The number of carbonyl (C=O) groups is 1. The van der Waals surface area contributed by atoms with Gasteiger partial charge in [0.2, 0.25) is 10.0 Å². The SMILES string of the molecule is Cc1cc(S(=O)(=O)N2CCCCC2)ccc1OCC(=O)NCc1ccco1. The van der Waals surface area contributed by atoms with E-state index in [1.807, 2.05) is 0 Å². The zero-order chi connectivity index (χ0) is 19.3. The Morgan fingerprint density at radius 1 is 1.22 bits per heavy atom. The van der Waals surface area contributed by atoms with E-state index in [4.69, 9.17) is 9.15 Å². The summed E-state index contributed by atoms with van der Waals surface area (Å²) in [6.07, 6.45) is 4.40. The molecule has 0 bridgehead atoms. The highest BCUT2D eigenvalue weighted by Gasteiger charge is 2.26. The first kappa shape index (κ1) is 19.4. The first-order valence-corrected chi connectivity index (χ1v) is 10.4. The minimum Gasteiger partial charge on any atom is -0.484 e. The second-order valence-electron chi connectivity index (χ2n) is 6.54. The van der Waals surface area contributed by atoms with Crippen molar-refractivity contribution in [2.24, 2.45) is 0 Å². The van der Waals surface area contributed by atoms with Gasteiger partial charge < -0.3 is 14.5 Å². The average Bonchev–Trinajstić information content (AvgIpc) is 3.19. The van der Waals surface area contributed by atoms with Gasteiger partial charge in [-0.3, -0.25) is 4.79 Å². The molecule has 7 nitrogen and oxygen atoms in total. The van der Waals surface area contributed by atoms with E-state index < -0.39 is 10.0 Å². The van der Waals surface area contributed by atoms with Crippen LogP contribution < -0.4 is 10.1 Å². The molecule has 0 spiro atoms. The molecule has 1 fully saturated rings. The number of hydrogen-bond acceptors (Lipinski definition) is 5. The maximum atomic E-state index is 12.7. The van der Waals surface area contributed by atoms with Crippen LogP contribution in [-0.2, 0) is 21.4 Å². The number of ether oxygens (including phenoxy) is 1. The van der Waals surface area contributed by atoms with Gasteiger partial charge in [0, 0.05) is 13.1 Å². The predicted molar refractivity (Wildman–Crippen MR) is 99.8 cm³/mol. The normalized spacial score (nSPS) is 15.4. The molecule has 146 valence electrons. The summed E-state index contributed by atoms with van der Waals surface area (Å²) in [6, 6.07) is 8.26. The summed E-state index contributed by atoms with van der Waals surface area (Å²) in [5.74, 6) is 0.864. The fourth-order valence-corrected chi connectivity index (χ4v) is 4.59. The van der Waals surface area contributed by atoms with Crippen LogP contribution >= 0.6 is 0 Å². The summed E-state index contributed by atoms with van der Waals surface area (Å²) in [6.45, 7) is 3.04. The number of carbonyl (C=O) groups excluding carboxylic acids is 1. The van der Waals surface area contributed by atoms with Gasteiger partial charge in [-0.1, -0.05) is 6.42 Å². The van der Waals surface area contributed by atoms with Crippen LogP contribution in [0.3, 0.4) is 0 Å². The number of hydrogen-bond donors (Lipinski definition) is 1. The fourth-order valence-electron chi connectivity index (χ4n) is 2.99. The second kappa shape index (κ2) is 8.58. The molecule has 2 aromatic rings. The Hall–Kier alpha value is -2.32. The monoisotopic (exact) mass is 392 g/mol. The van der Waals surface area contributed by atoms with Crippen molar-refractivity contribution >= 4 is 15.9 Å². The molecule has 0 radical (unpaired) electrons. The molecule has 0 saturated carbocycles. The Kier molecular flexibility index (Phi) is 6.18. The number of nitrogens with one attached hydrogen (secondary N) is 1. The lowest BCUT2D eigenvalue weighted by atomic mass is 10.2. The molecule has 0 atom stereocenters. The summed E-state index contributed by atoms with van der Waals surface area (Å²) in [5, 5.41) is 2.69. The van der Waals surface area contributed by atoms with E-state index in [-0.39, 0.29) is 17.4 Å². The highest BCUT2D eigenvalue weighted by atomic mass is 32.2. The lowest BCUT2D eigenvalue weighted by molar-refractivity contribution is -0.123. The van der Waals surface area contributed by atoms with Gasteiger partial charge in [-0.15, -0.1) is 0 Å². The predicted octanol–water partition coefficient (Wildman–Crippen LogP) is 2.46. The molecule has 1 N–H and O–H groups in total. The van der Waals surface area contributed by atoms with Crippen molar-refractivity contribution in [3.63, 3.8) is 0 Å². The second-order valence-corrected chi connectivity index (χ2v) is 8.47. The number of nitrogens with zero attached hydrogens (tertiary/aromatic N) is 1. The average molecular weight is 392 g/mol. The van der Waals surface area contributed by atoms with E-state index in [1.165, 1.54) is 10.4 Å². The van der Waals surface area contributed by atoms with E-state index in [0.717, 1.165) is 19.3 Å². The zero-order valence-electron chi connectivity index (χ0n) is 15.3. The number of sulfonamides is 1. The van der Waals surface area contributed by atoms with E-state index in [1.54, 1.807) is 37.5 Å². The number of piperidine rings is 1. The third kappa shape index (κ3) is 4.90. The Morgan fingerprint density at radius 3 is 2.67 bits per heavy atom. The quantitative estimate of drug-likeness (QED) is 0.782. The summed E-state index contributed by atoms with van der Waals surface area (Å²) in [7, 11) is -3.48. The van der Waals surface area contributed by atoms with Gasteiger partial charge in [0.1, 0.15) is 11.5 Å². The molecule has 8 heteroatoms. The van der Waals surface area contributed by atoms with Crippen molar-refractivity contribution in [1.82, 2.24) is 9.62 Å². The van der Waals surface area contributed by atoms with Crippen LogP contribution in [0.25, 0.3) is 0 Å². The van der Waals surface area contributed by atoms with Crippen LogP contribution in [0.2, 0.25) is 0 Å². The molecule has 1 aromatic carbocycles. The Bertz CT molecular complexity index is 872. The van der Waals surface area contributed by atoms with Gasteiger partial charge in [-0.25, -0.2) is 8.42 Å². The molecular weight excluding hydrogens is 368 g/mol. The van der Waals surface area contributed by atoms with Crippen LogP contribution in [0.5, 0.6) is 5.75 Å². The summed E-state index contributed by atoms with van der Waals surface area (Å²) in [5.41, 5.74) is 0.673. The van der Waals surface area contributed by atoms with Crippen molar-refractivity contribution in [3.05, 3.63) is 47.9 Å². The highest BCUT2D eigenvalue weighted by molar-refractivity contribution is 7.89. The van der Waals surface area contributed by atoms with Gasteiger partial charge in [0.05, 0.1) is 17.7 Å². The topological polar surface area (TPSA) is 88.8 Å². The molecule has 2 heterocycles. The van der Waals surface area contributed by atoms with E-state index >= 15 is 0 Å². The van der Waals surface area contributed by atoms with E-state index in [0.29, 0.717) is 36.7 Å². The van der Waals surface area contributed by atoms with Gasteiger partial charge in [-0.2, -0.15) is 4.31 Å². The van der Waals surface area contributed by atoms with Gasteiger partial charge >= 0.3 is 0 Å². The van der Waals surface area contributed by atoms with Gasteiger partial charge in [-0.05, 0) is 55.7 Å². The lowest BCUT2D eigenvalue weighted by Gasteiger charge is -2.26. The van der Waals surface area contributed by atoms with Crippen LogP contribution in [0.15, 0.2) is 45.9 Å². The molecular formula is C19H24N2O5S. The Morgan fingerprint density at radius 2 is 2.00 bits per heavy atom. The Balaban J connectivity index is 1.58. The van der Waals surface area contributed by atoms with Crippen molar-refractivity contribution < 1.29 is 22.4 Å². The fraction of sp³-hybridized carbons (Fsp3) is 0.421. The van der Waals surface area contributed by atoms with Crippen molar-refractivity contribution in [2.45, 2.75) is 37.6 Å². The molecule has 1 aromatic heterocycles. The van der Waals surface area contributed by atoms with Crippen molar-refractivity contribution in [1.29, 1.82) is 0 Å². The van der Waals surface area contributed by atoms with Gasteiger partial charge in [0.25, 0.3) is 5.91 Å². The molecule has 1 saturated heterocycles. The molecule has 3 rings (SSSR count). The van der Waals surface area contributed by atoms with Crippen molar-refractivity contribution in [2.75, 3.05) is 19.7 Å². The molecule has 0 aliphatic carbocycles. The van der Waals surface area contributed by atoms with E-state index in [9.17, 15) is 13.2 Å². The molecule has 1 amide bonds. The lowest BCUT2D eigenvalue weighted by Crippen LogP contribution is -2.35. The molecule has 1 aliphatic heterocycles. The third-order valence-electron chi connectivity index (χ3n) is 4.50. The number of amides is 1. The van der Waals surface area contributed by atoms with Crippen LogP contribution in [0.4, 0.5) is 0 Å². The summed E-state index contributed by atoms with van der Waals surface area (Å²) in [4.78, 5) is 12.1. The smallest absolute Gasteiger partial charge is 0.258 e. The maximum absolute atomic E-state index is 12.7. The van der Waals surface area contributed by atoms with Crippen LogP contribution in [0.1, 0.15) is 30.6 Å². The maximum Gasteiger partial charge on any atom is 0.258 e. The third-order valence-corrected chi connectivity index (χ3v) is 6.39. The molecule has 27 heavy (non-hydrogen) atoms. The summed E-state index contributed by atoms with van der Waals surface area (Å²) >= 11 is 0. The first-order chi connectivity index (χ1) is 13.0. The van der Waals surface area contributed by atoms with Crippen molar-refractivity contribution in [3.8, 4) is 5.75 Å². The van der Waals surface area contributed by atoms with Crippen LogP contribution in [-0.4, -0.2) is 38.3 Å². The van der Waals surface area contributed by atoms with Gasteiger partial charge in [0.15, 0.2) is 6.61 Å². The van der Waals surface area contributed by atoms with Crippen LogP contribution in [0, 0.1) is 6.92 Å². The summed E-state index contributed by atoms with van der Waals surface area (Å²) < 4.78 is 37.7. The standard InChI is InChI=1S/C19H24N2O5S/c1-15-12-17(27(23,24)21-9-3-2-4-10-21)7-8-18(15)26-14-19(22)20-13-16-6-5-11-25-16/h5-8,11-12H,2-4,9-10,13-14H2,1H3,(H,20,22). The number of furan rings is 1. The largest absolute Gasteiger partial charge is 0.484 e. The number of aryl methyl sites for hydroxylation is 1. The first-order valence-electron chi connectivity index (χ1n) is 8.99. The highest BCUT2D eigenvalue weighted by Crippen LogP contribution is 2.25. The number of benzene rings is 1. The zero-order valence-corrected chi connectivity index (χ0v) is 16.1. The van der Waals surface area contributed by atoms with E-state index in [2.05, 4.69) is 5.32 Å². The Labute approximate surface area is 159 Å². The molecule has 1 aliphatic rings. The molecule has 0 unspecified atom stereocenters.